The molecule has 1 fully saturated rings. The van der Waals surface area contributed by atoms with Gasteiger partial charge in [0.1, 0.15) is 0 Å². The quantitative estimate of drug-likeness (QED) is 0.604. The number of nitrogens with one attached hydrogen (secondary N) is 1. The van der Waals surface area contributed by atoms with Crippen LogP contribution in [0.1, 0.15) is 35.7 Å². The lowest BCUT2D eigenvalue weighted by Crippen LogP contribution is -2.41. The van der Waals surface area contributed by atoms with Gasteiger partial charge in [-0.2, -0.15) is 0 Å². The van der Waals surface area contributed by atoms with Gasteiger partial charge in [-0.3, -0.25) is 13.9 Å². The van der Waals surface area contributed by atoms with Crippen molar-refractivity contribution in [2.75, 3.05) is 48.7 Å². The molecular weight excluding hydrogens is 442 g/mol. The summed E-state index contributed by atoms with van der Waals surface area (Å²) in [5.41, 5.74) is 2.59. The third kappa shape index (κ3) is 6.79. The van der Waals surface area contributed by atoms with Gasteiger partial charge < -0.3 is 15.0 Å². The fourth-order valence-corrected chi connectivity index (χ4v) is 4.66. The van der Waals surface area contributed by atoms with Gasteiger partial charge in [0.25, 0.3) is 5.91 Å². The summed E-state index contributed by atoms with van der Waals surface area (Å²) < 4.78 is 31.2. The summed E-state index contributed by atoms with van der Waals surface area (Å²) in [6, 6.07) is 14.3. The van der Waals surface area contributed by atoms with E-state index >= 15 is 0 Å². The van der Waals surface area contributed by atoms with E-state index in [-0.39, 0.29) is 24.8 Å². The van der Waals surface area contributed by atoms with Crippen molar-refractivity contribution in [2.45, 2.75) is 26.2 Å². The molecule has 0 aliphatic carbocycles. The molecule has 2 aromatic carbocycles. The number of amides is 2. The Kier molecular flexibility index (Phi) is 8.46. The first-order chi connectivity index (χ1) is 15.8. The van der Waals surface area contributed by atoms with Crippen molar-refractivity contribution in [1.82, 2.24) is 4.90 Å². The molecule has 1 aliphatic rings. The zero-order valence-electron chi connectivity index (χ0n) is 19.1. The Morgan fingerprint density at radius 3 is 2.36 bits per heavy atom. The molecule has 8 nitrogen and oxygen atoms in total. The maximum atomic E-state index is 12.9. The Labute approximate surface area is 195 Å². The number of benzene rings is 2. The molecule has 1 N–H and O–H groups in total. The van der Waals surface area contributed by atoms with Crippen LogP contribution in [0.4, 0.5) is 11.4 Å². The maximum absolute atomic E-state index is 12.9. The first-order valence-corrected chi connectivity index (χ1v) is 13.0. The first-order valence-electron chi connectivity index (χ1n) is 11.1. The third-order valence-electron chi connectivity index (χ3n) is 5.53. The largest absolute Gasteiger partial charge is 0.378 e. The van der Waals surface area contributed by atoms with Crippen LogP contribution in [0.25, 0.3) is 0 Å². The van der Waals surface area contributed by atoms with Crippen molar-refractivity contribution in [2.24, 2.45) is 0 Å². The lowest BCUT2D eigenvalue weighted by Gasteiger charge is -2.27. The number of aryl methyl sites for hydroxylation is 1. The second-order valence-corrected chi connectivity index (χ2v) is 9.86. The minimum absolute atomic E-state index is 0.124. The standard InChI is InChI=1S/C24H31N3O5S/c1-3-19-10-12-20(13-11-19)27(33(2,30)31)14-6-9-23(28)25-22-8-5-4-7-21(22)24(29)26-15-17-32-18-16-26/h4-5,7-8,10-13H,3,6,9,14-18H2,1-2H3,(H,25,28). The number of sulfonamides is 1. The average Bonchev–Trinajstić information content (AvgIpc) is 2.82. The molecule has 3 rings (SSSR count). The molecule has 1 heterocycles. The monoisotopic (exact) mass is 473 g/mol. The van der Waals surface area contributed by atoms with Crippen molar-refractivity contribution in [3.8, 4) is 0 Å². The number of carbonyl (C=O) groups excluding carboxylic acids is 2. The number of hydrogen-bond acceptors (Lipinski definition) is 5. The number of carbonyl (C=O) groups is 2. The van der Waals surface area contributed by atoms with Gasteiger partial charge in [-0.1, -0.05) is 31.2 Å². The minimum atomic E-state index is -3.48. The van der Waals surface area contributed by atoms with Crippen molar-refractivity contribution in [1.29, 1.82) is 0 Å². The summed E-state index contributed by atoms with van der Waals surface area (Å²) in [5.74, 6) is -0.417. The SMILES string of the molecule is CCc1ccc(N(CCCC(=O)Nc2ccccc2C(=O)N2CCOCC2)S(C)(=O)=O)cc1. The Morgan fingerprint density at radius 1 is 1.06 bits per heavy atom. The van der Waals surface area contributed by atoms with E-state index in [1.165, 1.54) is 4.31 Å². The maximum Gasteiger partial charge on any atom is 0.256 e. The molecule has 0 saturated carbocycles. The summed E-state index contributed by atoms with van der Waals surface area (Å²) in [6.45, 7) is 4.25. The first kappa shape index (κ1) is 24.7. The molecule has 9 heteroatoms. The number of nitrogens with zero attached hydrogens (tertiary/aromatic N) is 2. The Morgan fingerprint density at radius 2 is 1.73 bits per heavy atom. The predicted molar refractivity (Wildman–Crippen MR) is 129 cm³/mol. The minimum Gasteiger partial charge on any atom is -0.378 e. The second kappa shape index (κ2) is 11.3. The number of rotatable bonds is 9. The van der Waals surface area contributed by atoms with E-state index in [0.717, 1.165) is 18.2 Å². The Bertz CT molecular complexity index is 1060. The fourth-order valence-electron chi connectivity index (χ4n) is 3.70. The normalized spacial score (nSPS) is 14.1. The Hall–Kier alpha value is -2.91. The smallest absolute Gasteiger partial charge is 0.256 e. The van der Waals surface area contributed by atoms with Crippen LogP contribution in [0.5, 0.6) is 0 Å². The van der Waals surface area contributed by atoms with Crippen molar-refractivity contribution in [3.05, 3.63) is 59.7 Å². The van der Waals surface area contributed by atoms with Gasteiger partial charge in [0.15, 0.2) is 0 Å². The highest BCUT2D eigenvalue weighted by Crippen LogP contribution is 2.21. The molecule has 178 valence electrons. The molecule has 2 aromatic rings. The zero-order valence-corrected chi connectivity index (χ0v) is 19.9. The average molecular weight is 474 g/mol. The molecule has 0 bridgehead atoms. The molecule has 33 heavy (non-hydrogen) atoms. The molecule has 2 amide bonds. The number of morpholine rings is 1. The van der Waals surface area contributed by atoms with E-state index in [1.54, 1.807) is 41.3 Å². The highest BCUT2D eigenvalue weighted by atomic mass is 32.2. The van der Waals surface area contributed by atoms with Gasteiger partial charge in [-0.05, 0) is 42.7 Å². The number of ether oxygens (including phenoxy) is 1. The zero-order chi connectivity index (χ0) is 23.8. The number of anilines is 2. The van der Waals surface area contributed by atoms with Gasteiger partial charge in [0.2, 0.25) is 15.9 Å². The second-order valence-electron chi connectivity index (χ2n) is 7.96. The molecular formula is C24H31N3O5S. The summed E-state index contributed by atoms with van der Waals surface area (Å²) in [4.78, 5) is 27.2. The fraction of sp³-hybridized carbons (Fsp3) is 0.417. The van der Waals surface area contributed by atoms with Crippen LogP contribution in [0.15, 0.2) is 48.5 Å². The Balaban J connectivity index is 1.61. The summed E-state index contributed by atoms with van der Waals surface area (Å²) in [6.07, 6.45) is 2.50. The van der Waals surface area contributed by atoms with Crippen LogP contribution >= 0.6 is 0 Å². The predicted octanol–water partition coefficient (Wildman–Crippen LogP) is 2.91. The molecule has 0 unspecified atom stereocenters. The third-order valence-corrected chi connectivity index (χ3v) is 6.72. The van der Waals surface area contributed by atoms with Crippen LogP contribution in [0.3, 0.4) is 0 Å². The number of para-hydroxylation sites is 1. The lowest BCUT2D eigenvalue weighted by molar-refractivity contribution is -0.116. The highest BCUT2D eigenvalue weighted by Gasteiger charge is 2.22. The van der Waals surface area contributed by atoms with Crippen molar-refractivity contribution in [3.63, 3.8) is 0 Å². The van der Waals surface area contributed by atoms with Crippen LogP contribution in [0, 0.1) is 0 Å². The van der Waals surface area contributed by atoms with Crippen LogP contribution in [0.2, 0.25) is 0 Å². The van der Waals surface area contributed by atoms with Crippen LogP contribution < -0.4 is 9.62 Å². The van der Waals surface area contributed by atoms with Gasteiger partial charge in [0, 0.05) is 26.1 Å². The number of hydrogen-bond donors (Lipinski definition) is 1. The van der Waals surface area contributed by atoms with Crippen molar-refractivity contribution < 1.29 is 22.7 Å². The van der Waals surface area contributed by atoms with E-state index in [0.29, 0.717) is 49.7 Å². The van der Waals surface area contributed by atoms with Gasteiger partial charge in [-0.25, -0.2) is 8.42 Å². The summed E-state index contributed by atoms with van der Waals surface area (Å²) in [5, 5.41) is 2.81. The molecule has 1 aliphatic heterocycles. The van der Waals surface area contributed by atoms with Crippen LogP contribution in [-0.2, 0) is 26.0 Å². The summed E-state index contributed by atoms with van der Waals surface area (Å²) in [7, 11) is -3.48. The van der Waals surface area contributed by atoms with Gasteiger partial charge in [0.05, 0.1) is 36.4 Å². The van der Waals surface area contributed by atoms with Gasteiger partial charge >= 0.3 is 0 Å². The molecule has 0 atom stereocenters. The lowest BCUT2D eigenvalue weighted by atomic mass is 10.1. The van der Waals surface area contributed by atoms with E-state index in [2.05, 4.69) is 5.32 Å². The van der Waals surface area contributed by atoms with E-state index in [9.17, 15) is 18.0 Å². The van der Waals surface area contributed by atoms with E-state index < -0.39 is 10.0 Å². The van der Waals surface area contributed by atoms with E-state index in [1.807, 2.05) is 19.1 Å². The molecule has 0 aromatic heterocycles. The molecule has 0 spiro atoms. The van der Waals surface area contributed by atoms with E-state index in [4.69, 9.17) is 4.74 Å². The van der Waals surface area contributed by atoms with Crippen molar-refractivity contribution >= 4 is 33.2 Å². The highest BCUT2D eigenvalue weighted by molar-refractivity contribution is 7.92. The van der Waals surface area contributed by atoms with Crippen LogP contribution in [-0.4, -0.2) is 64.2 Å². The van der Waals surface area contributed by atoms with Gasteiger partial charge in [-0.15, -0.1) is 0 Å². The topological polar surface area (TPSA) is 96.0 Å². The molecule has 0 radical (unpaired) electrons. The molecule has 1 saturated heterocycles. The summed E-state index contributed by atoms with van der Waals surface area (Å²) >= 11 is 0.